The fraction of sp³-hybridized carbons (Fsp3) is 0.267. The third-order valence-electron chi connectivity index (χ3n) is 2.46. The molecule has 0 spiro atoms. The molecule has 0 atom stereocenters. The molecule has 2 N–H and O–H groups in total. The Morgan fingerprint density at radius 3 is 2.44 bits per heavy atom. The molecule has 0 fully saturated rings. The molecular weight excluding hydrogens is 224 g/mol. The van der Waals surface area contributed by atoms with Gasteiger partial charge in [-0.3, -0.25) is 0 Å². The lowest BCUT2D eigenvalue weighted by molar-refractivity contribution is 0.250. The summed E-state index contributed by atoms with van der Waals surface area (Å²) in [5, 5.41) is 7.84. The summed E-state index contributed by atoms with van der Waals surface area (Å²) in [5.74, 6) is 0. The fourth-order valence-electron chi connectivity index (χ4n) is 1.75. The number of carbonyl (C=O) groups is 1. The van der Waals surface area contributed by atoms with Crippen molar-refractivity contribution in [3.63, 3.8) is 0 Å². The van der Waals surface area contributed by atoms with Gasteiger partial charge in [0, 0.05) is 11.4 Å². The Bertz CT molecular complexity index is 530. The van der Waals surface area contributed by atoms with Crippen LogP contribution in [0.4, 0.5) is 10.5 Å². The maximum Gasteiger partial charge on any atom is 0.319 e. The van der Waals surface area contributed by atoms with E-state index in [0.717, 1.165) is 16.5 Å². The summed E-state index contributed by atoms with van der Waals surface area (Å²) >= 11 is 0. The average molecular weight is 244 g/mol. The summed E-state index contributed by atoms with van der Waals surface area (Å²) in [6.07, 6.45) is 0. The Kier molecular flexibility index (Phi) is 4.72. The molecule has 2 amide bonds. The number of benzene rings is 2. The summed E-state index contributed by atoms with van der Waals surface area (Å²) in [4.78, 5) is 11.6. The number of amides is 2. The van der Waals surface area contributed by atoms with Gasteiger partial charge in [-0.1, -0.05) is 43.8 Å². The SMILES string of the molecule is C.CC(C)NC(=O)Nc1cccc2ccccc12. The van der Waals surface area contributed by atoms with Crippen LogP contribution in [0.2, 0.25) is 0 Å². The van der Waals surface area contributed by atoms with E-state index in [1.165, 1.54) is 0 Å². The Balaban J connectivity index is 0.00000162. The van der Waals surface area contributed by atoms with Crippen LogP contribution in [0.25, 0.3) is 10.8 Å². The van der Waals surface area contributed by atoms with Crippen molar-refractivity contribution in [1.29, 1.82) is 0 Å². The predicted molar refractivity (Wildman–Crippen MR) is 78.0 cm³/mol. The van der Waals surface area contributed by atoms with E-state index in [1.54, 1.807) is 0 Å². The molecule has 2 aromatic rings. The van der Waals surface area contributed by atoms with Crippen molar-refractivity contribution in [2.75, 3.05) is 5.32 Å². The molecule has 0 unspecified atom stereocenters. The maximum absolute atomic E-state index is 11.6. The standard InChI is InChI=1S/C14H16N2O.CH4/c1-10(2)15-14(17)16-13-9-5-7-11-6-3-4-8-12(11)13;/h3-10H,1-2H3,(H2,15,16,17);1H4. The van der Waals surface area contributed by atoms with Gasteiger partial charge in [0.2, 0.25) is 0 Å². The molecule has 2 rings (SSSR count). The molecule has 0 saturated carbocycles. The quantitative estimate of drug-likeness (QED) is 0.823. The van der Waals surface area contributed by atoms with Crippen molar-refractivity contribution in [2.24, 2.45) is 0 Å². The maximum atomic E-state index is 11.6. The van der Waals surface area contributed by atoms with Crippen molar-refractivity contribution in [2.45, 2.75) is 27.3 Å². The second-order valence-corrected chi connectivity index (χ2v) is 4.28. The zero-order valence-electron chi connectivity index (χ0n) is 10.0. The van der Waals surface area contributed by atoms with Crippen LogP contribution < -0.4 is 10.6 Å². The van der Waals surface area contributed by atoms with Gasteiger partial charge >= 0.3 is 6.03 Å². The van der Waals surface area contributed by atoms with E-state index in [-0.39, 0.29) is 19.5 Å². The third kappa shape index (κ3) is 3.23. The first-order valence-electron chi connectivity index (χ1n) is 5.72. The monoisotopic (exact) mass is 244 g/mol. The largest absolute Gasteiger partial charge is 0.336 e. The van der Waals surface area contributed by atoms with Crippen LogP contribution in [0.5, 0.6) is 0 Å². The van der Waals surface area contributed by atoms with E-state index < -0.39 is 0 Å². The van der Waals surface area contributed by atoms with Gasteiger partial charge < -0.3 is 10.6 Å². The number of hydrogen-bond donors (Lipinski definition) is 2. The van der Waals surface area contributed by atoms with Crippen molar-refractivity contribution in [3.05, 3.63) is 42.5 Å². The lowest BCUT2D eigenvalue weighted by Crippen LogP contribution is -2.34. The smallest absolute Gasteiger partial charge is 0.319 e. The Labute approximate surface area is 108 Å². The molecule has 3 heteroatoms. The van der Waals surface area contributed by atoms with Crippen molar-refractivity contribution < 1.29 is 4.79 Å². The van der Waals surface area contributed by atoms with Gasteiger partial charge in [0.15, 0.2) is 0 Å². The zero-order chi connectivity index (χ0) is 12.3. The van der Waals surface area contributed by atoms with Gasteiger partial charge in [-0.15, -0.1) is 0 Å². The fourth-order valence-corrected chi connectivity index (χ4v) is 1.75. The minimum Gasteiger partial charge on any atom is -0.336 e. The molecule has 0 bridgehead atoms. The number of fused-ring (bicyclic) bond motifs is 1. The first-order valence-corrected chi connectivity index (χ1v) is 5.72. The number of hydrogen-bond acceptors (Lipinski definition) is 1. The molecule has 2 aromatic carbocycles. The molecule has 0 aliphatic rings. The van der Waals surface area contributed by atoms with Crippen LogP contribution in [-0.2, 0) is 0 Å². The summed E-state index contributed by atoms with van der Waals surface area (Å²) in [6, 6.07) is 13.8. The van der Waals surface area contributed by atoms with Crippen molar-refractivity contribution in [3.8, 4) is 0 Å². The first-order chi connectivity index (χ1) is 8.16. The first kappa shape index (κ1) is 14.0. The van der Waals surface area contributed by atoms with Gasteiger partial charge in [-0.05, 0) is 25.3 Å². The van der Waals surface area contributed by atoms with Crippen molar-refractivity contribution in [1.82, 2.24) is 5.32 Å². The molecular formula is C15H20N2O. The lowest BCUT2D eigenvalue weighted by atomic mass is 10.1. The average Bonchev–Trinajstić information content (AvgIpc) is 2.28. The number of nitrogens with one attached hydrogen (secondary N) is 2. The van der Waals surface area contributed by atoms with Crippen LogP contribution >= 0.6 is 0 Å². The molecule has 0 saturated heterocycles. The molecule has 0 aliphatic carbocycles. The highest BCUT2D eigenvalue weighted by Gasteiger charge is 2.05. The topological polar surface area (TPSA) is 41.1 Å². The molecule has 0 aromatic heterocycles. The summed E-state index contributed by atoms with van der Waals surface area (Å²) in [7, 11) is 0. The van der Waals surface area contributed by atoms with Crippen molar-refractivity contribution >= 4 is 22.5 Å². The summed E-state index contributed by atoms with van der Waals surface area (Å²) in [5.41, 5.74) is 0.834. The van der Waals surface area contributed by atoms with Crippen LogP contribution in [0.15, 0.2) is 42.5 Å². The van der Waals surface area contributed by atoms with Crippen LogP contribution in [-0.4, -0.2) is 12.1 Å². The Hall–Kier alpha value is -2.03. The second kappa shape index (κ2) is 6.05. The van der Waals surface area contributed by atoms with E-state index >= 15 is 0 Å². The highest BCUT2D eigenvalue weighted by molar-refractivity contribution is 6.01. The van der Waals surface area contributed by atoms with Gasteiger partial charge in [0.25, 0.3) is 0 Å². The van der Waals surface area contributed by atoms with E-state index in [9.17, 15) is 4.79 Å². The second-order valence-electron chi connectivity index (χ2n) is 4.28. The normalized spacial score (nSPS) is 9.94. The Morgan fingerprint density at radius 1 is 1.06 bits per heavy atom. The van der Waals surface area contributed by atoms with Gasteiger partial charge in [-0.25, -0.2) is 4.79 Å². The lowest BCUT2D eigenvalue weighted by Gasteiger charge is -2.11. The number of urea groups is 1. The van der Waals surface area contributed by atoms with Crippen LogP contribution in [0.1, 0.15) is 21.3 Å². The van der Waals surface area contributed by atoms with Gasteiger partial charge in [0.1, 0.15) is 0 Å². The molecule has 3 nitrogen and oxygen atoms in total. The molecule has 18 heavy (non-hydrogen) atoms. The number of rotatable bonds is 2. The third-order valence-corrected chi connectivity index (χ3v) is 2.46. The summed E-state index contributed by atoms with van der Waals surface area (Å²) in [6.45, 7) is 3.87. The Morgan fingerprint density at radius 2 is 1.72 bits per heavy atom. The minimum absolute atomic E-state index is 0. The van der Waals surface area contributed by atoms with Gasteiger partial charge in [-0.2, -0.15) is 0 Å². The van der Waals surface area contributed by atoms with Crippen LogP contribution in [0.3, 0.4) is 0 Å². The summed E-state index contributed by atoms with van der Waals surface area (Å²) < 4.78 is 0. The molecule has 0 aliphatic heterocycles. The van der Waals surface area contributed by atoms with E-state index in [1.807, 2.05) is 56.3 Å². The van der Waals surface area contributed by atoms with E-state index in [2.05, 4.69) is 10.6 Å². The van der Waals surface area contributed by atoms with E-state index in [0.29, 0.717) is 0 Å². The molecule has 0 radical (unpaired) electrons. The number of anilines is 1. The molecule has 0 heterocycles. The minimum atomic E-state index is -0.170. The molecule has 96 valence electrons. The number of carbonyl (C=O) groups excluding carboxylic acids is 1. The highest BCUT2D eigenvalue weighted by Crippen LogP contribution is 2.22. The van der Waals surface area contributed by atoms with Crippen LogP contribution in [0, 0.1) is 0 Å². The van der Waals surface area contributed by atoms with E-state index in [4.69, 9.17) is 0 Å². The predicted octanol–water partition coefficient (Wildman–Crippen LogP) is 4.01. The van der Waals surface area contributed by atoms with Gasteiger partial charge in [0.05, 0.1) is 5.69 Å². The highest BCUT2D eigenvalue weighted by atomic mass is 16.2. The zero-order valence-corrected chi connectivity index (χ0v) is 10.0.